The van der Waals surface area contributed by atoms with Crippen LogP contribution in [0.25, 0.3) is 16.9 Å². The normalized spacial score (nSPS) is 11.5. The van der Waals surface area contributed by atoms with E-state index in [1.165, 1.54) is 6.07 Å². The first-order chi connectivity index (χ1) is 16.5. The molecule has 7 nitrogen and oxygen atoms in total. The van der Waals surface area contributed by atoms with Gasteiger partial charge in [0.15, 0.2) is 17.0 Å². The third-order valence-corrected chi connectivity index (χ3v) is 5.08. The summed E-state index contributed by atoms with van der Waals surface area (Å²) in [4.78, 5) is 17.6. The van der Waals surface area contributed by atoms with Gasteiger partial charge in [-0.1, -0.05) is 30.3 Å². The van der Waals surface area contributed by atoms with Gasteiger partial charge in [0.25, 0.3) is 0 Å². The van der Waals surface area contributed by atoms with Gasteiger partial charge in [-0.15, -0.1) is 0 Å². The highest BCUT2D eigenvalue weighted by Crippen LogP contribution is 2.30. The average Bonchev–Trinajstić information content (AvgIpc) is 3.27. The Morgan fingerprint density at radius 1 is 0.882 bits per heavy atom. The van der Waals surface area contributed by atoms with Gasteiger partial charge in [-0.2, -0.15) is 23.1 Å². The molecule has 170 valence electrons. The molecule has 0 amide bonds. The Bertz CT molecular complexity index is 1420. The van der Waals surface area contributed by atoms with Crippen LogP contribution in [0.4, 0.5) is 30.6 Å². The van der Waals surface area contributed by atoms with Gasteiger partial charge in [-0.25, -0.2) is 4.98 Å². The van der Waals surface area contributed by atoms with Crippen molar-refractivity contribution in [1.82, 2.24) is 24.5 Å². The van der Waals surface area contributed by atoms with Crippen LogP contribution < -0.4 is 10.6 Å². The van der Waals surface area contributed by atoms with Crippen LogP contribution in [-0.4, -0.2) is 24.5 Å². The van der Waals surface area contributed by atoms with E-state index in [2.05, 4.69) is 30.6 Å². The molecule has 0 aliphatic heterocycles. The number of hydrogen-bond acceptors (Lipinski definition) is 6. The molecular formula is C24H18F3N7. The molecule has 10 heteroatoms. The molecule has 2 aromatic carbocycles. The Labute approximate surface area is 192 Å². The Hall–Kier alpha value is -4.47. The highest BCUT2D eigenvalue weighted by Gasteiger charge is 2.30. The van der Waals surface area contributed by atoms with Gasteiger partial charge in [0.05, 0.1) is 5.56 Å². The molecular weight excluding hydrogens is 443 g/mol. The van der Waals surface area contributed by atoms with Crippen molar-refractivity contribution < 1.29 is 13.2 Å². The molecule has 0 saturated carbocycles. The molecule has 0 aliphatic carbocycles. The van der Waals surface area contributed by atoms with Gasteiger partial charge < -0.3 is 10.6 Å². The number of pyridine rings is 1. The maximum atomic E-state index is 13.1. The molecule has 0 atom stereocenters. The number of halogens is 3. The lowest BCUT2D eigenvalue weighted by Crippen LogP contribution is -2.09. The second kappa shape index (κ2) is 8.81. The molecule has 34 heavy (non-hydrogen) atoms. The predicted molar refractivity (Wildman–Crippen MR) is 123 cm³/mol. The minimum Gasteiger partial charge on any atom is -0.364 e. The molecule has 3 aromatic heterocycles. The number of imidazole rings is 1. The minimum atomic E-state index is -4.41. The lowest BCUT2D eigenvalue weighted by molar-refractivity contribution is -0.137. The smallest absolute Gasteiger partial charge is 0.364 e. The lowest BCUT2D eigenvalue weighted by Gasteiger charge is -2.12. The Kier molecular flexibility index (Phi) is 5.54. The van der Waals surface area contributed by atoms with Crippen LogP contribution in [0.1, 0.15) is 11.1 Å². The quantitative estimate of drug-likeness (QED) is 0.343. The summed E-state index contributed by atoms with van der Waals surface area (Å²) in [7, 11) is 0. The van der Waals surface area contributed by atoms with Crippen molar-refractivity contribution in [3.63, 3.8) is 0 Å². The third-order valence-electron chi connectivity index (χ3n) is 5.08. The van der Waals surface area contributed by atoms with E-state index in [9.17, 15) is 13.2 Å². The monoisotopic (exact) mass is 461 g/mol. The molecule has 0 saturated heterocycles. The number of aromatic nitrogens is 5. The van der Waals surface area contributed by atoms with E-state index in [0.717, 1.165) is 23.5 Å². The molecule has 0 unspecified atom stereocenters. The fraction of sp³-hybridized carbons (Fsp3) is 0.0833. The molecule has 5 rings (SSSR count). The summed E-state index contributed by atoms with van der Waals surface area (Å²) < 4.78 is 41.1. The molecule has 0 bridgehead atoms. The number of nitrogens with zero attached hydrogens (tertiary/aromatic N) is 5. The van der Waals surface area contributed by atoms with Crippen molar-refractivity contribution in [1.29, 1.82) is 0 Å². The fourth-order valence-corrected chi connectivity index (χ4v) is 3.46. The topological polar surface area (TPSA) is 80.6 Å². The molecule has 0 aliphatic rings. The van der Waals surface area contributed by atoms with Crippen molar-refractivity contribution in [2.45, 2.75) is 12.7 Å². The number of hydrogen-bond donors (Lipinski definition) is 2. The van der Waals surface area contributed by atoms with E-state index in [4.69, 9.17) is 0 Å². The van der Waals surface area contributed by atoms with Crippen molar-refractivity contribution in [3.8, 4) is 5.69 Å². The highest BCUT2D eigenvalue weighted by atomic mass is 19.4. The van der Waals surface area contributed by atoms with Gasteiger partial charge in [0.1, 0.15) is 6.33 Å². The molecule has 5 aromatic rings. The summed E-state index contributed by atoms with van der Waals surface area (Å²) in [5, 5.41) is 6.27. The molecule has 0 radical (unpaired) electrons. The van der Waals surface area contributed by atoms with Crippen molar-refractivity contribution in [3.05, 3.63) is 96.6 Å². The van der Waals surface area contributed by atoms with Crippen molar-refractivity contribution >= 4 is 28.6 Å². The number of alkyl halides is 3. The van der Waals surface area contributed by atoms with E-state index < -0.39 is 11.7 Å². The van der Waals surface area contributed by atoms with Crippen LogP contribution in [-0.2, 0) is 12.7 Å². The maximum absolute atomic E-state index is 13.1. The van der Waals surface area contributed by atoms with Crippen LogP contribution in [0.5, 0.6) is 0 Å². The van der Waals surface area contributed by atoms with Gasteiger partial charge >= 0.3 is 6.18 Å². The predicted octanol–water partition coefficient (Wildman–Crippen LogP) is 5.59. The van der Waals surface area contributed by atoms with Crippen LogP contribution in [0.15, 0.2) is 85.5 Å². The van der Waals surface area contributed by atoms with Crippen molar-refractivity contribution in [2.75, 3.05) is 10.6 Å². The second-order valence-electron chi connectivity index (χ2n) is 7.43. The minimum absolute atomic E-state index is 0.128. The molecule has 0 spiro atoms. The molecule has 2 N–H and O–H groups in total. The van der Waals surface area contributed by atoms with E-state index >= 15 is 0 Å². The van der Waals surface area contributed by atoms with Gasteiger partial charge in [0.2, 0.25) is 5.95 Å². The van der Waals surface area contributed by atoms with Crippen LogP contribution in [0, 0.1) is 0 Å². The van der Waals surface area contributed by atoms with Crippen LogP contribution in [0.3, 0.4) is 0 Å². The number of nitrogens with one attached hydrogen (secondary N) is 2. The SMILES string of the molecule is FC(F)(F)c1cccc(CNc2nc(Nc3ccncc3)nc3c2ncn3-c2ccccc2)c1. The Balaban J connectivity index is 1.53. The zero-order chi connectivity index (χ0) is 23.5. The zero-order valence-electron chi connectivity index (χ0n) is 17.7. The summed E-state index contributed by atoms with van der Waals surface area (Å²) in [5.41, 5.74) is 2.41. The first kappa shape index (κ1) is 21.4. The second-order valence-corrected chi connectivity index (χ2v) is 7.43. The first-order valence-corrected chi connectivity index (χ1v) is 10.3. The first-order valence-electron chi connectivity index (χ1n) is 10.3. The summed E-state index contributed by atoms with van der Waals surface area (Å²) in [5.74, 6) is 0.705. The standard InChI is InChI=1S/C24H18F3N7/c25-24(26,27)17-6-4-5-16(13-17)14-29-21-20-22(34(15-30-20)19-7-2-1-3-8-19)33-23(32-21)31-18-9-11-28-12-10-18/h1-13,15H,14H2,(H2,28,29,31,32,33). The number of anilines is 3. The fourth-order valence-electron chi connectivity index (χ4n) is 3.46. The summed E-state index contributed by atoms with van der Waals surface area (Å²) in [6, 6.07) is 18.3. The summed E-state index contributed by atoms with van der Waals surface area (Å²) in [6.45, 7) is 0.128. The largest absolute Gasteiger partial charge is 0.416 e. The average molecular weight is 461 g/mol. The number of benzene rings is 2. The Morgan fingerprint density at radius 3 is 2.44 bits per heavy atom. The van der Waals surface area contributed by atoms with Crippen molar-refractivity contribution in [2.24, 2.45) is 0 Å². The van der Waals surface area contributed by atoms with E-state index in [-0.39, 0.29) is 6.54 Å². The molecule has 3 heterocycles. The maximum Gasteiger partial charge on any atom is 0.416 e. The Morgan fingerprint density at radius 2 is 1.68 bits per heavy atom. The zero-order valence-corrected chi connectivity index (χ0v) is 17.7. The van der Waals surface area contributed by atoms with E-state index in [1.54, 1.807) is 36.9 Å². The summed E-state index contributed by atoms with van der Waals surface area (Å²) in [6.07, 6.45) is 0.512. The molecule has 0 fully saturated rings. The van der Waals surface area contributed by atoms with Gasteiger partial charge in [0, 0.05) is 30.3 Å². The third kappa shape index (κ3) is 4.51. The number of para-hydroxylation sites is 1. The lowest BCUT2D eigenvalue weighted by atomic mass is 10.1. The van der Waals surface area contributed by atoms with E-state index in [0.29, 0.717) is 28.5 Å². The number of fused-ring (bicyclic) bond motifs is 1. The van der Waals surface area contributed by atoms with E-state index in [1.807, 2.05) is 34.9 Å². The summed E-state index contributed by atoms with van der Waals surface area (Å²) >= 11 is 0. The van der Waals surface area contributed by atoms with Gasteiger partial charge in [-0.3, -0.25) is 9.55 Å². The van der Waals surface area contributed by atoms with Crippen LogP contribution in [0.2, 0.25) is 0 Å². The van der Waals surface area contributed by atoms with Crippen LogP contribution >= 0.6 is 0 Å². The van der Waals surface area contributed by atoms with Gasteiger partial charge in [-0.05, 0) is 42.0 Å². The highest BCUT2D eigenvalue weighted by molar-refractivity contribution is 5.86. The number of rotatable bonds is 6.